The lowest BCUT2D eigenvalue weighted by atomic mass is 10.0. The van der Waals surface area contributed by atoms with Gasteiger partial charge in [0.25, 0.3) is 0 Å². The molecular formula is C19H25NO3. The van der Waals surface area contributed by atoms with Crippen LogP contribution in [0.1, 0.15) is 66.6 Å². The third-order valence-electron chi connectivity index (χ3n) is 5.32. The number of aryl methyl sites for hydroxylation is 1. The average Bonchev–Trinajstić information content (AvgIpc) is 3.24. The number of fused-ring (bicyclic) bond motifs is 1. The molecule has 1 amide bonds. The van der Waals surface area contributed by atoms with E-state index in [2.05, 4.69) is 6.92 Å². The molecule has 0 heterocycles. The van der Waals surface area contributed by atoms with Gasteiger partial charge in [-0.25, -0.2) is 4.79 Å². The molecule has 1 atom stereocenters. The zero-order chi connectivity index (χ0) is 16.4. The van der Waals surface area contributed by atoms with Crippen LogP contribution in [0.5, 0.6) is 0 Å². The largest absolute Gasteiger partial charge is 0.465 e. The van der Waals surface area contributed by atoms with Gasteiger partial charge in [-0.2, -0.15) is 0 Å². The number of carbonyl (C=O) groups is 2. The summed E-state index contributed by atoms with van der Waals surface area (Å²) in [6, 6.07) is 5.86. The summed E-state index contributed by atoms with van der Waals surface area (Å²) in [6.45, 7) is 2.77. The number of hydrogen-bond acceptors (Lipinski definition) is 3. The van der Waals surface area contributed by atoms with Crippen LogP contribution in [0, 0.1) is 5.92 Å². The quantitative estimate of drug-likeness (QED) is 0.799. The van der Waals surface area contributed by atoms with Crippen molar-refractivity contribution in [3.63, 3.8) is 0 Å². The van der Waals surface area contributed by atoms with Crippen LogP contribution < -0.4 is 0 Å². The molecule has 1 saturated carbocycles. The van der Waals surface area contributed by atoms with Crippen LogP contribution in [0.15, 0.2) is 18.2 Å². The zero-order valence-corrected chi connectivity index (χ0v) is 14.0. The predicted molar refractivity (Wildman–Crippen MR) is 88.2 cm³/mol. The second-order valence-corrected chi connectivity index (χ2v) is 6.57. The van der Waals surface area contributed by atoms with Crippen molar-refractivity contribution in [3.05, 3.63) is 34.9 Å². The summed E-state index contributed by atoms with van der Waals surface area (Å²) in [5, 5.41) is 0. The van der Waals surface area contributed by atoms with Gasteiger partial charge < -0.3 is 9.64 Å². The molecule has 3 rings (SSSR count). The van der Waals surface area contributed by atoms with Gasteiger partial charge in [0.2, 0.25) is 5.91 Å². The van der Waals surface area contributed by atoms with E-state index in [1.165, 1.54) is 25.5 Å². The van der Waals surface area contributed by atoms with Crippen molar-refractivity contribution in [3.8, 4) is 0 Å². The van der Waals surface area contributed by atoms with E-state index in [1.807, 2.05) is 23.1 Å². The summed E-state index contributed by atoms with van der Waals surface area (Å²) in [5.74, 6) is 0.178. The van der Waals surface area contributed by atoms with Crippen molar-refractivity contribution < 1.29 is 14.3 Å². The Labute approximate surface area is 137 Å². The van der Waals surface area contributed by atoms with E-state index in [1.54, 1.807) is 0 Å². The topological polar surface area (TPSA) is 46.6 Å². The lowest BCUT2D eigenvalue weighted by Crippen LogP contribution is -2.37. The fourth-order valence-corrected chi connectivity index (χ4v) is 4.09. The first-order chi connectivity index (χ1) is 11.2. The van der Waals surface area contributed by atoms with Gasteiger partial charge in [-0.1, -0.05) is 18.9 Å². The number of esters is 1. The van der Waals surface area contributed by atoms with Crippen molar-refractivity contribution in [1.29, 1.82) is 0 Å². The molecule has 0 bridgehead atoms. The lowest BCUT2D eigenvalue weighted by molar-refractivity contribution is -0.137. The Morgan fingerprint density at radius 3 is 2.61 bits per heavy atom. The van der Waals surface area contributed by atoms with Crippen LogP contribution in [0.2, 0.25) is 0 Å². The maximum Gasteiger partial charge on any atom is 0.337 e. The number of benzene rings is 1. The molecule has 0 aliphatic heterocycles. The number of nitrogens with zero attached hydrogens (tertiary/aromatic N) is 1. The van der Waals surface area contributed by atoms with Crippen molar-refractivity contribution in [2.24, 2.45) is 5.92 Å². The highest BCUT2D eigenvalue weighted by atomic mass is 16.5. The Balaban J connectivity index is 1.87. The molecule has 1 aromatic carbocycles. The summed E-state index contributed by atoms with van der Waals surface area (Å²) in [4.78, 5) is 26.7. The van der Waals surface area contributed by atoms with Gasteiger partial charge in [0.05, 0.1) is 18.7 Å². The van der Waals surface area contributed by atoms with E-state index in [4.69, 9.17) is 4.74 Å². The summed E-state index contributed by atoms with van der Waals surface area (Å²) in [7, 11) is 1.40. The van der Waals surface area contributed by atoms with Crippen LogP contribution in [0.25, 0.3) is 0 Å². The molecule has 0 spiro atoms. The van der Waals surface area contributed by atoms with Crippen molar-refractivity contribution in [2.45, 2.75) is 51.5 Å². The number of hydrogen-bond donors (Lipinski definition) is 0. The molecule has 23 heavy (non-hydrogen) atoms. The minimum absolute atomic E-state index is 0.104. The highest BCUT2D eigenvalue weighted by molar-refractivity contribution is 5.89. The van der Waals surface area contributed by atoms with E-state index in [-0.39, 0.29) is 17.9 Å². The van der Waals surface area contributed by atoms with Crippen LogP contribution in [-0.4, -0.2) is 30.4 Å². The zero-order valence-electron chi connectivity index (χ0n) is 14.0. The first-order valence-electron chi connectivity index (χ1n) is 8.67. The second-order valence-electron chi connectivity index (χ2n) is 6.57. The van der Waals surface area contributed by atoms with Gasteiger partial charge in [-0.05, 0) is 55.9 Å². The third-order valence-corrected chi connectivity index (χ3v) is 5.32. The smallest absolute Gasteiger partial charge is 0.337 e. The molecule has 1 aromatic rings. The summed E-state index contributed by atoms with van der Waals surface area (Å²) in [5.41, 5.74) is 2.95. The second kappa shape index (κ2) is 6.73. The van der Waals surface area contributed by atoms with Gasteiger partial charge >= 0.3 is 5.97 Å². The number of methoxy groups -OCH3 is 1. The van der Waals surface area contributed by atoms with Crippen LogP contribution in [-0.2, 0) is 16.0 Å². The van der Waals surface area contributed by atoms with E-state index in [0.717, 1.165) is 37.8 Å². The highest BCUT2D eigenvalue weighted by Crippen LogP contribution is 2.38. The summed E-state index contributed by atoms with van der Waals surface area (Å²) >= 11 is 0. The molecule has 2 aliphatic rings. The van der Waals surface area contributed by atoms with Crippen molar-refractivity contribution >= 4 is 11.9 Å². The molecule has 0 aromatic heterocycles. The molecule has 4 heteroatoms. The van der Waals surface area contributed by atoms with Crippen molar-refractivity contribution in [2.75, 3.05) is 13.7 Å². The number of carbonyl (C=O) groups excluding carboxylic acids is 2. The monoisotopic (exact) mass is 315 g/mol. The Bertz CT molecular complexity index is 605. The molecule has 124 valence electrons. The van der Waals surface area contributed by atoms with Crippen molar-refractivity contribution in [1.82, 2.24) is 4.90 Å². The molecule has 1 unspecified atom stereocenters. The Hall–Kier alpha value is -1.84. The van der Waals surface area contributed by atoms with E-state index < -0.39 is 0 Å². The first-order valence-corrected chi connectivity index (χ1v) is 8.67. The van der Waals surface area contributed by atoms with Gasteiger partial charge in [0, 0.05) is 12.5 Å². The van der Waals surface area contributed by atoms with Crippen LogP contribution >= 0.6 is 0 Å². The number of amides is 1. The summed E-state index contributed by atoms with van der Waals surface area (Å²) < 4.78 is 4.83. The van der Waals surface area contributed by atoms with E-state index in [9.17, 15) is 9.59 Å². The van der Waals surface area contributed by atoms with Gasteiger partial charge in [0.15, 0.2) is 0 Å². The minimum atomic E-state index is -0.316. The van der Waals surface area contributed by atoms with Crippen LogP contribution in [0.4, 0.5) is 0 Å². The number of rotatable bonds is 4. The Morgan fingerprint density at radius 2 is 1.96 bits per heavy atom. The highest BCUT2D eigenvalue weighted by Gasteiger charge is 2.34. The molecule has 1 fully saturated rings. The average molecular weight is 315 g/mol. The van der Waals surface area contributed by atoms with E-state index in [0.29, 0.717) is 11.5 Å². The normalized spacial score (nSPS) is 20.3. The Kier molecular flexibility index (Phi) is 4.69. The van der Waals surface area contributed by atoms with E-state index >= 15 is 0 Å². The molecular weight excluding hydrogens is 290 g/mol. The van der Waals surface area contributed by atoms with Crippen LogP contribution in [0.3, 0.4) is 0 Å². The first kappa shape index (κ1) is 16.0. The number of ether oxygens (including phenoxy) is 1. The summed E-state index contributed by atoms with van der Waals surface area (Å²) in [6.07, 6.45) is 6.31. The fraction of sp³-hybridized carbons (Fsp3) is 0.579. The maximum atomic E-state index is 12.9. The maximum absolute atomic E-state index is 12.9. The van der Waals surface area contributed by atoms with Gasteiger partial charge in [-0.15, -0.1) is 0 Å². The SMILES string of the molecule is CCN(C(=O)C1CCCC1)C1CCc2ccc(C(=O)OC)cc21. The fourth-order valence-electron chi connectivity index (χ4n) is 4.09. The molecule has 0 N–H and O–H groups in total. The minimum Gasteiger partial charge on any atom is -0.465 e. The standard InChI is InChI=1S/C19H25NO3/c1-3-20(18(21)14-6-4-5-7-14)17-11-10-13-8-9-15(12-16(13)17)19(22)23-2/h8-9,12,14,17H,3-7,10-11H2,1-2H3. The third kappa shape index (κ3) is 2.99. The lowest BCUT2D eigenvalue weighted by Gasteiger charge is -2.31. The van der Waals surface area contributed by atoms with Gasteiger partial charge in [0.1, 0.15) is 0 Å². The molecule has 0 saturated heterocycles. The molecule has 2 aliphatic carbocycles. The predicted octanol–water partition coefficient (Wildman–Crippen LogP) is 3.50. The molecule has 4 nitrogen and oxygen atoms in total. The molecule has 0 radical (unpaired) electrons. The Morgan fingerprint density at radius 1 is 1.22 bits per heavy atom. The van der Waals surface area contributed by atoms with Gasteiger partial charge in [-0.3, -0.25) is 4.79 Å².